The first kappa shape index (κ1) is 19.5. The van der Waals surface area contributed by atoms with Gasteiger partial charge >= 0.3 is 0 Å². The molecule has 0 aliphatic heterocycles. The average molecular weight is 469 g/mol. The lowest BCUT2D eigenvalue weighted by Gasteiger charge is -2.05. The lowest BCUT2D eigenvalue weighted by Crippen LogP contribution is -2.12. The second kappa shape index (κ2) is 8.16. The first-order chi connectivity index (χ1) is 12.8. The van der Waals surface area contributed by atoms with Crippen LogP contribution >= 0.6 is 38.9 Å². The molecule has 0 aliphatic rings. The molecule has 0 radical (unpaired) electrons. The fraction of sp³-hybridized carbons (Fsp3) is 0.0556. The Morgan fingerprint density at radius 2 is 1.93 bits per heavy atom. The van der Waals surface area contributed by atoms with Crippen LogP contribution < -0.4 is 10.6 Å². The van der Waals surface area contributed by atoms with Crippen LogP contribution in [-0.4, -0.2) is 16.8 Å². The van der Waals surface area contributed by atoms with Gasteiger partial charge in [0.15, 0.2) is 0 Å². The predicted molar refractivity (Wildman–Crippen MR) is 108 cm³/mol. The summed E-state index contributed by atoms with van der Waals surface area (Å²) >= 11 is 10.3. The number of aromatic nitrogens is 1. The number of halogens is 3. The van der Waals surface area contributed by atoms with Crippen LogP contribution in [0.25, 0.3) is 0 Å². The third-order valence-electron chi connectivity index (χ3n) is 3.51. The van der Waals surface area contributed by atoms with Gasteiger partial charge < -0.3 is 10.6 Å². The number of benzene rings is 1. The molecule has 2 heterocycles. The first-order valence-corrected chi connectivity index (χ1v) is 9.62. The Bertz CT molecular complexity index is 1020. The average Bonchev–Trinajstić information content (AvgIpc) is 2.97. The zero-order valence-corrected chi connectivity index (χ0v) is 17.0. The number of rotatable bonds is 4. The van der Waals surface area contributed by atoms with Gasteiger partial charge in [0.25, 0.3) is 11.8 Å². The number of hydrogen-bond acceptors (Lipinski definition) is 4. The molecule has 0 aliphatic carbocycles. The third kappa shape index (κ3) is 4.71. The lowest BCUT2D eigenvalue weighted by atomic mass is 10.2. The van der Waals surface area contributed by atoms with Crippen LogP contribution in [0.2, 0.25) is 5.02 Å². The Labute approximate surface area is 171 Å². The topological polar surface area (TPSA) is 71.1 Å². The summed E-state index contributed by atoms with van der Waals surface area (Å²) in [7, 11) is 0. The first-order valence-electron chi connectivity index (χ1n) is 7.63. The molecule has 0 atom stereocenters. The second-order valence-electron chi connectivity index (χ2n) is 5.52. The van der Waals surface area contributed by atoms with Crippen molar-refractivity contribution in [3.05, 3.63) is 73.9 Å². The molecule has 9 heteroatoms. The molecule has 2 aromatic heterocycles. The van der Waals surface area contributed by atoms with Crippen molar-refractivity contribution in [1.29, 1.82) is 0 Å². The molecule has 3 rings (SSSR count). The van der Waals surface area contributed by atoms with Gasteiger partial charge in [0.05, 0.1) is 20.5 Å². The van der Waals surface area contributed by atoms with E-state index in [4.69, 9.17) is 11.6 Å². The third-order valence-corrected chi connectivity index (χ3v) is 5.44. The predicted octanol–water partition coefficient (Wildman–Crippen LogP) is 5.51. The van der Waals surface area contributed by atoms with Crippen molar-refractivity contribution in [3.63, 3.8) is 0 Å². The van der Waals surface area contributed by atoms with Crippen molar-refractivity contribution in [1.82, 2.24) is 4.98 Å². The van der Waals surface area contributed by atoms with E-state index in [0.717, 1.165) is 27.9 Å². The number of amides is 2. The van der Waals surface area contributed by atoms with E-state index in [1.54, 1.807) is 31.3 Å². The Morgan fingerprint density at radius 3 is 2.59 bits per heavy atom. The minimum Gasteiger partial charge on any atom is -0.313 e. The van der Waals surface area contributed by atoms with Crippen LogP contribution in [0.15, 0.2) is 47.1 Å². The molecular formula is C18H12BrClFN3O2S. The van der Waals surface area contributed by atoms with E-state index in [1.165, 1.54) is 6.07 Å². The Morgan fingerprint density at radius 1 is 1.15 bits per heavy atom. The summed E-state index contributed by atoms with van der Waals surface area (Å²) in [6.07, 6.45) is 1.58. The number of pyridine rings is 1. The van der Waals surface area contributed by atoms with Gasteiger partial charge in [-0.15, -0.1) is 11.3 Å². The highest BCUT2D eigenvalue weighted by Gasteiger charge is 2.17. The fourth-order valence-electron chi connectivity index (χ4n) is 2.24. The highest BCUT2D eigenvalue weighted by Crippen LogP contribution is 2.28. The van der Waals surface area contributed by atoms with Crippen LogP contribution in [-0.2, 0) is 0 Å². The summed E-state index contributed by atoms with van der Waals surface area (Å²) in [4.78, 5) is 29.3. The number of aryl methyl sites for hydroxylation is 1. The Hall–Kier alpha value is -2.29. The van der Waals surface area contributed by atoms with E-state index in [9.17, 15) is 14.0 Å². The molecule has 5 nitrogen and oxygen atoms in total. The maximum atomic E-state index is 13.1. The lowest BCUT2D eigenvalue weighted by molar-refractivity contribution is 0.102. The van der Waals surface area contributed by atoms with Crippen LogP contribution in [0.4, 0.5) is 15.2 Å². The van der Waals surface area contributed by atoms with Gasteiger partial charge in [-0.25, -0.2) is 9.37 Å². The summed E-state index contributed by atoms with van der Waals surface area (Å²) in [6.45, 7) is 1.76. The van der Waals surface area contributed by atoms with Crippen LogP contribution in [0.1, 0.15) is 25.6 Å². The zero-order valence-electron chi connectivity index (χ0n) is 13.8. The maximum Gasteiger partial charge on any atom is 0.267 e. The normalized spacial score (nSPS) is 10.5. The van der Waals surface area contributed by atoms with Gasteiger partial charge in [0.1, 0.15) is 11.6 Å². The summed E-state index contributed by atoms with van der Waals surface area (Å²) in [5.41, 5.74) is 0.851. The standard InChI is InChI=1S/C18H12BrClFN3O2S/c1-9-6-15(24-17(25)12-4-3-11(21)7-13(12)20)27-16(9)18(26)23-14-5-2-10(19)8-22-14/h2-8H,1H3,(H,24,25)(H,22,23,26). The minimum atomic E-state index is -0.524. The zero-order chi connectivity index (χ0) is 19.6. The number of carbonyl (C=O) groups excluding carboxylic acids is 2. The molecular weight excluding hydrogens is 457 g/mol. The molecule has 0 unspecified atom stereocenters. The maximum absolute atomic E-state index is 13.1. The fourth-order valence-corrected chi connectivity index (χ4v) is 3.70. The van der Waals surface area contributed by atoms with Gasteiger partial charge in [-0.3, -0.25) is 9.59 Å². The van der Waals surface area contributed by atoms with E-state index in [1.807, 2.05) is 0 Å². The van der Waals surface area contributed by atoms with E-state index in [0.29, 0.717) is 21.3 Å². The van der Waals surface area contributed by atoms with Gasteiger partial charge in [-0.1, -0.05) is 11.6 Å². The molecule has 0 fully saturated rings. The molecule has 27 heavy (non-hydrogen) atoms. The van der Waals surface area contributed by atoms with E-state index in [-0.39, 0.29) is 16.5 Å². The van der Waals surface area contributed by atoms with Crippen LogP contribution in [0.5, 0.6) is 0 Å². The highest BCUT2D eigenvalue weighted by molar-refractivity contribution is 9.10. The van der Waals surface area contributed by atoms with Gasteiger partial charge in [-0.05, 0) is 64.8 Å². The highest BCUT2D eigenvalue weighted by atomic mass is 79.9. The molecule has 0 saturated heterocycles. The van der Waals surface area contributed by atoms with Crippen LogP contribution in [0, 0.1) is 12.7 Å². The summed E-state index contributed by atoms with van der Waals surface area (Å²) < 4.78 is 13.9. The molecule has 0 bridgehead atoms. The number of anilines is 2. The molecule has 0 spiro atoms. The number of thiophene rings is 1. The van der Waals surface area contributed by atoms with Crippen LogP contribution in [0.3, 0.4) is 0 Å². The molecule has 0 saturated carbocycles. The van der Waals surface area contributed by atoms with E-state index >= 15 is 0 Å². The van der Waals surface area contributed by atoms with Gasteiger partial charge in [-0.2, -0.15) is 0 Å². The smallest absolute Gasteiger partial charge is 0.267 e. The Balaban J connectivity index is 1.74. The van der Waals surface area contributed by atoms with Crippen molar-refractivity contribution in [2.24, 2.45) is 0 Å². The molecule has 3 aromatic rings. The van der Waals surface area contributed by atoms with Crippen molar-refractivity contribution in [3.8, 4) is 0 Å². The van der Waals surface area contributed by atoms with Crippen molar-refractivity contribution in [2.75, 3.05) is 10.6 Å². The summed E-state index contributed by atoms with van der Waals surface area (Å²) in [5, 5.41) is 5.87. The SMILES string of the molecule is Cc1cc(NC(=O)c2ccc(F)cc2Cl)sc1C(=O)Nc1ccc(Br)cn1. The monoisotopic (exact) mass is 467 g/mol. The summed E-state index contributed by atoms with van der Waals surface area (Å²) in [6, 6.07) is 8.65. The number of carbonyl (C=O) groups is 2. The molecule has 2 amide bonds. The van der Waals surface area contributed by atoms with Crippen molar-refractivity contribution >= 4 is 61.5 Å². The summed E-state index contributed by atoms with van der Waals surface area (Å²) in [5.74, 6) is -0.917. The van der Waals surface area contributed by atoms with Crippen molar-refractivity contribution in [2.45, 2.75) is 6.92 Å². The number of hydrogen-bond donors (Lipinski definition) is 2. The molecule has 138 valence electrons. The van der Waals surface area contributed by atoms with Gasteiger partial charge in [0, 0.05) is 10.7 Å². The minimum absolute atomic E-state index is 0.0139. The van der Waals surface area contributed by atoms with E-state index < -0.39 is 11.7 Å². The second-order valence-corrected chi connectivity index (χ2v) is 7.89. The Kier molecular flexibility index (Phi) is 5.88. The van der Waals surface area contributed by atoms with Crippen molar-refractivity contribution < 1.29 is 14.0 Å². The quantitative estimate of drug-likeness (QED) is 0.530. The number of nitrogens with zero attached hydrogens (tertiary/aromatic N) is 1. The van der Waals surface area contributed by atoms with Gasteiger partial charge in [0.2, 0.25) is 0 Å². The molecule has 2 N–H and O–H groups in total. The van der Waals surface area contributed by atoms with E-state index in [2.05, 4.69) is 31.5 Å². The largest absolute Gasteiger partial charge is 0.313 e. The number of nitrogens with one attached hydrogen (secondary N) is 2. The molecule has 1 aromatic carbocycles.